The third-order valence-corrected chi connectivity index (χ3v) is 9.20. The highest BCUT2D eigenvalue weighted by molar-refractivity contribution is 5.89. The lowest BCUT2D eigenvalue weighted by Gasteiger charge is -2.61. The Morgan fingerprint density at radius 1 is 1.06 bits per heavy atom. The molecule has 0 radical (unpaired) electrons. The van der Waals surface area contributed by atoms with Crippen LogP contribution >= 0.6 is 0 Å². The Kier molecular flexibility index (Phi) is 7.01. The molecule has 1 aliphatic heterocycles. The third-order valence-electron chi connectivity index (χ3n) is 9.20. The Balaban J connectivity index is 1.79. The van der Waals surface area contributed by atoms with Crippen molar-refractivity contribution in [1.29, 1.82) is 0 Å². The molecule has 0 aromatic heterocycles. The van der Waals surface area contributed by atoms with Gasteiger partial charge in [-0.25, -0.2) is 4.79 Å². The Bertz CT molecular complexity index is 1000. The van der Waals surface area contributed by atoms with E-state index in [-0.39, 0.29) is 23.7 Å². The molecule has 4 rings (SSSR count). The predicted octanol–water partition coefficient (Wildman–Crippen LogP) is 5.11. The maximum absolute atomic E-state index is 13.3. The number of fused-ring (bicyclic) bond motifs is 1. The van der Waals surface area contributed by atoms with Gasteiger partial charge in [-0.2, -0.15) is 0 Å². The molecule has 198 valence electrons. The van der Waals surface area contributed by atoms with E-state index in [1.165, 1.54) is 6.92 Å². The minimum Gasteiger partial charge on any atom is -0.458 e. The first-order valence-corrected chi connectivity index (χ1v) is 13.2. The van der Waals surface area contributed by atoms with Gasteiger partial charge >= 0.3 is 17.9 Å². The summed E-state index contributed by atoms with van der Waals surface area (Å²) in [7, 11) is 0. The minimum absolute atomic E-state index is 0.0217. The van der Waals surface area contributed by atoms with Crippen LogP contribution in [0.1, 0.15) is 84.5 Å². The Labute approximate surface area is 214 Å². The molecule has 7 heteroatoms. The zero-order valence-electron chi connectivity index (χ0n) is 22.5. The molecule has 8 atom stereocenters. The van der Waals surface area contributed by atoms with E-state index in [4.69, 9.17) is 18.9 Å². The number of benzene rings is 1. The van der Waals surface area contributed by atoms with Gasteiger partial charge in [0, 0.05) is 6.92 Å². The summed E-state index contributed by atoms with van der Waals surface area (Å²) in [4.78, 5) is 38.5. The van der Waals surface area contributed by atoms with Crippen LogP contribution in [0.25, 0.3) is 0 Å². The summed E-state index contributed by atoms with van der Waals surface area (Å²) in [6.07, 6.45) is 0.406. The SMILES string of the molecule is CC[C@@H](C)C(=O)O[C@H]1C[C@@H](C)[C@@]23C[C@@H](C[C@H](OC(=O)c4ccccc4)[C@]2(C)[C@H]1OC(C)=O)C(C)(C)O3. The average molecular weight is 501 g/mol. The summed E-state index contributed by atoms with van der Waals surface area (Å²) in [6.45, 7) is 13.4. The van der Waals surface area contributed by atoms with Crippen LogP contribution < -0.4 is 0 Å². The molecule has 7 nitrogen and oxygen atoms in total. The lowest BCUT2D eigenvalue weighted by molar-refractivity contribution is -0.283. The molecule has 36 heavy (non-hydrogen) atoms. The van der Waals surface area contributed by atoms with E-state index in [9.17, 15) is 14.4 Å². The highest BCUT2D eigenvalue weighted by atomic mass is 16.6. The number of esters is 3. The molecule has 2 aliphatic carbocycles. The van der Waals surface area contributed by atoms with Crippen molar-refractivity contribution in [3.05, 3.63) is 35.9 Å². The third kappa shape index (κ3) is 4.23. The van der Waals surface area contributed by atoms with Crippen LogP contribution in [0.5, 0.6) is 0 Å². The topological polar surface area (TPSA) is 88.1 Å². The summed E-state index contributed by atoms with van der Waals surface area (Å²) in [5.41, 5.74) is -1.61. The van der Waals surface area contributed by atoms with Gasteiger partial charge in [0.05, 0.1) is 28.1 Å². The van der Waals surface area contributed by atoms with Crippen molar-refractivity contribution in [3.63, 3.8) is 0 Å². The molecule has 2 saturated carbocycles. The molecule has 1 aromatic carbocycles. The first kappa shape index (κ1) is 26.6. The number of rotatable bonds is 6. The van der Waals surface area contributed by atoms with E-state index >= 15 is 0 Å². The number of ether oxygens (including phenoxy) is 4. The van der Waals surface area contributed by atoms with Gasteiger partial charge in [0.2, 0.25) is 0 Å². The lowest BCUT2D eigenvalue weighted by atomic mass is 9.49. The van der Waals surface area contributed by atoms with Crippen LogP contribution in [0.15, 0.2) is 30.3 Å². The van der Waals surface area contributed by atoms with Crippen LogP contribution in [-0.4, -0.2) is 47.4 Å². The molecule has 3 aliphatic rings. The molecule has 1 saturated heterocycles. The number of carbonyl (C=O) groups excluding carboxylic acids is 3. The van der Waals surface area contributed by atoms with Crippen LogP contribution in [0.2, 0.25) is 0 Å². The standard InChI is InChI=1S/C29H40O7/c1-8-17(2)25(31)34-22-14-18(3)29-16-21(27(5,6)36-29)15-23(28(29,7)24(22)33-19(4)30)35-26(32)20-12-10-9-11-13-20/h9-13,17-18,21-24H,8,14-16H2,1-7H3/t17-,18-,21-,22+,23+,24+,28-,29+/m1/s1. The average Bonchev–Trinajstić information content (AvgIpc) is 3.07. The molecule has 1 heterocycles. The van der Waals surface area contributed by atoms with Gasteiger partial charge in [0.15, 0.2) is 6.10 Å². The van der Waals surface area contributed by atoms with Gasteiger partial charge in [-0.05, 0) is 70.4 Å². The fraction of sp³-hybridized carbons (Fsp3) is 0.690. The zero-order chi connectivity index (χ0) is 26.5. The smallest absolute Gasteiger partial charge is 0.338 e. The summed E-state index contributed by atoms with van der Waals surface area (Å²) in [6, 6.07) is 8.89. The molecule has 0 unspecified atom stereocenters. The van der Waals surface area contributed by atoms with Gasteiger partial charge in [-0.3, -0.25) is 9.59 Å². The minimum atomic E-state index is -0.925. The summed E-state index contributed by atoms with van der Waals surface area (Å²) in [5.74, 6) is -1.34. The Hall–Kier alpha value is -2.41. The van der Waals surface area contributed by atoms with Crippen molar-refractivity contribution in [2.24, 2.45) is 23.2 Å². The highest BCUT2D eigenvalue weighted by Crippen LogP contribution is 2.67. The molecule has 1 aromatic rings. The van der Waals surface area contributed by atoms with Crippen LogP contribution in [0, 0.1) is 23.2 Å². The second-order valence-corrected chi connectivity index (χ2v) is 11.7. The predicted molar refractivity (Wildman–Crippen MR) is 133 cm³/mol. The van der Waals surface area contributed by atoms with E-state index in [2.05, 4.69) is 20.8 Å². The van der Waals surface area contributed by atoms with Crippen molar-refractivity contribution < 1.29 is 33.3 Å². The van der Waals surface area contributed by atoms with E-state index in [0.29, 0.717) is 24.8 Å². The number of hydrogen-bond donors (Lipinski definition) is 0. The molecule has 3 fully saturated rings. The van der Waals surface area contributed by atoms with Crippen molar-refractivity contribution in [1.82, 2.24) is 0 Å². The Morgan fingerprint density at radius 3 is 2.33 bits per heavy atom. The van der Waals surface area contributed by atoms with E-state index in [0.717, 1.165) is 6.42 Å². The maximum Gasteiger partial charge on any atom is 0.338 e. The maximum atomic E-state index is 13.3. The molecular formula is C29H40O7. The van der Waals surface area contributed by atoms with Gasteiger partial charge in [0.1, 0.15) is 12.2 Å². The van der Waals surface area contributed by atoms with Gasteiger partial charge < -0.3 is 18.9 Å². The summed E-state index contributed by atoms with van der Waals surface area (Å²) >= 11 is 0. The number of hydrogen-bond acceptors (Lipinski definition) is 7. The quantitative estimate of drug-likeness (QED) is 0.396. The van der Waals surface area contributed by atoms with Gasteiger partial charge in [-0.1, -0.05) is 39.0 Å². The summed E-state index contributed by atoms with van der Waals surface area (Å²) < 4.78 is 25.2. The van der Waals surface area contributed by atoms with Crippen molar-refractivity contribution >= 4 is 17.9 Å². The molecule has 0 N–H and O–H groups in total. The van der Waals surface area contributed by atoms with Crippen LogP contribution in [0.3, 0.4) is 0 Å². The monoisotopic (exact) mass is 500 g/mol. The second kappa shape index (κ2) is 9.47. The van der Waals surface area contributed by atoms with E-state index < -0.39 is 46.9 Å². The summed E-state index contributed by atoms with van der Waals surface area (Å²) in [5, 5.41) is 0. The van der Waals surface area contributed by atoms with E-state index in [1.807, 2.05) is 26.8 Å². The zero-order valence-corrected chi connectivity index (χ0v) is 22.5. The first-order chi connectivity index (χ1) is 16.9. The van der Waals surface area contributed by atoms with Gasteiger partial charge in [0.25, 0.3) is 0 Å². The van der Waals surface area contributed by atoms with Crippen molar-refractivity contribution in [2.45, 2.75) is 104 Å². The fourth-order valence-corrected chi connectivity index (χ4v) is 6.85. The molecular weight excluding hydrogens is 460 g/mol. The van der Waals surface area contributed by atoms with Crippen LogP contribution in [0.4, 0.5) is 0 Å². The lowest BCUT2D eigenvalue weighted by Crippen LogP contribution is -2.71. The normalized spacial score (nSPS) is 37.4. The second-order valence-electron chi connectivity index (χ2n) is 11.7. The van der Waals surface area contributed by atoms with Crippen molar-refractivity contribution in [3.8, 4) is 0 Å². The molecule has 0 amide bonds. The van der Waals surface area contributed by atoms with Gasteiger partial charge in [-0.15, -0.1) is 0 Å². The van der Waals surface area contributed by atoms with E-state index in [1.54, 1.807) is 24.3 Å². The Morgan fingerprint density at radius 2 is 1.72 bits per heavy atom. The molecule has 2 bridgehead atoms. The van der Waals surface area contributed by atoms with Crippen LogP contribution in [-0.2, 0) is 28.5 Å². The number of carbonyl (C=O) groups is 3. The largest absolute Gasteiger partial charge is 0.458 e. The fourth-order valence-electron chi connectivity index (χ4n) is 6.85. The molecule has 1 spiro atoms. The van der Waals surface area contributed by atoms with Crippen molar-refractivity contribution in [2.75, 3.05) is 0 Å². The first-order valence-electron chi connectivity index (χ1n) is 13.2. The highest BCUT2D eigenvalue weighted by Gasteiger charge is 2.75.